The van der Waals surface area contributed by atoms with E-state index in [-0.39, 0.29) is 18.0 Å². The number of nitro groups is 1. The quantitative estimate of drug-likeness (QED) is 0.397. The lowest BCUT2D eigenvalue weighted by Crippen LogP contribution is -2.25. The highest BCUT2D eigenvalue weighted by molar-refractivity contribution is 9.10. The molecule has 0 saturated carbocycles. The molecule has 18 heavy (non-hydrogen) atoms. The maximum atomic E-state index is 11.3. The number of halogens is 1. The number of ether oxygens (including phenoxy) is 1. The number of non-ortho nitro benzene ring substituents is 1. The van der Waals surface area contributed by atoms with Crippen LogP contribution in [0.4, 0.5) is 11.4 Å². The van der Waals surface area contributed by atoms with E-state index in [2.05, 4.69) is 26.0 Å². The summed E-state index contributed by atoms with van der Waals surface area (Å²) in [5, 5.41) is 12.8. The number of carbonyl (C=O) groups excluding carboxylic acids is 2. The number of nitro benzene ring substituents is 1. The van der Waals surface area contributed by atoms with Gasteiger partial charge >= 0.3 is 11.9 Å². The first kappa shape index (κ1) is 14.1. The largest absolute Gasteiger partial charge is 0.459 e. The molecule has 8 heteroatoms. The summed E-state index contributed by atoms with van der Waals surface area (Å²) in [5.41, 5.74) is 0.120. The molecule has 0 aliphatic heterocycles. The zero-order chi connectivity index (χ0) is 13.7. The van der Waals surface area contributed by atoms with Crippen molar-refractivity contribution in [2.24, 2.45) is 0 Å². The summed E-state index contributed by atoms with van der Waals surface area (Å²) in [6.45, 7) is 1.67. The molecule has 1 N–H and O–H groups in total. The fourth-order valence-electron chi connectivity index (χ4n) is 1.09. The van der Waals surface area contributed by atoms with Gasteiger partial charge in [0.1, 0.15) is 0 Å². The second kappa shape index (κ2) is 6.10. The van der Waals surface area contributed by atoms with E-state index in [0.29, 0.717) is 4.47 Å². The molecular formula is C10H9BrN2O5. The topological polar surface area (TPSA) is 98.5 Å². The molecular weight excluding hydrogens is 308 g/mol. The third-order valence-electron chi connectivity index (χ3n) is 1.87. The van der Waals surface area contributed by atoms with Crippen LogP contribution in [0.1, 0.15) is 6.92 Å². The molecule has 1 amide bonds. The normalized spacial score (nSPS) is 9.67. The van der Waals surface area contributed by atoms with E-state index >= 15 is 0 Å². The molecule has 0 aromatic heterocycles. The monoisotopic (exact) mass is 316 g/mol. The molecule has 0 heterocycles. The number of benzene rings is 1. The van der Waals surface area contributed by atoms with Gasteiger partial charge in [-0.2, -0.15) is 0 Å². The molecule has 0 saturated heterocycles. The van der Waals surface area contributed by atoms with Crippen LogP contribution in [0.5, 0.6) is 0 Å². The van der Waals surface area contributed by atoms with Gasteiger partial charge in [-0.25, -0.2) is 4.79 Å². The molecule has 0 aliphatic rings. The van der Waals surface area contributed by atoms with Crippen molar-refractivity contribution in [1.29, 1.82) is 0 Å². The van der Waals surface area contributed by atoms with Crippen LogP contribution in [0, 0.1) is 10.1 Å². The number of anilines is 1. The minimum atomic E-state index is -1.01. The van der Waals surface area contributed by atoms with Crippen molar-refractivity contribution in [3.05, 3.63) is 32.8 Å². The van der Waals surface area contributed by atoms with Gasteiger partial charge in [-0.05, 0) is 28.9 Å². The van der Waals surface area contributed by atoms with Gasteiger partial charge in [-0.1, -0.05) is 0 Å². The van der Waals surface area contributed by atoms with Crippen molar-refractivity contribution in [2.45, 2.75) is 6.92 Å². The molecule has 7 nitrogen and oxygen atoms in total. The number of rotatable bonds is 3. The molecule has 1 aromatic rings. The lowest BCUT2D eigenvalue weighted by Gasteiger charge is -2.06. The zero-order valence-corrected chi connectivity index (χ0v) is 10.9. The van der Waals surface area contributed by atoms with Gasteiger partial charge in [0.05, 0.1) is 17.2 Å². The van der Waals surface area contributed by atoms with Crippen LogP contribution in [0.25, 0.3) is 0 Å². The van der Waals surface area contributed by atoms with E-state index < -0.39 is 16.8 Å². The predicted molar refractivity (Wildman–Crippen MR) is 66.1 cm³/mol. The molecule has 0 atom stereocenters. The van der Waals surface area contributed by atoms with E-state index in [1.807, 2.05) is 0 Å². The predicted octanol–water partition coefficient (Wildman–Crippen LogP) is 1.86. The third-order valence-corrected chi connectivity index (χ3v) is 2.53. The van der Waals surface area contributed by atoms with Crippen molar-refractivity contribution in [2.75, 3.05) is 11.9 Å². The Hall–Kier alpha value is -1.96. The molecule has 0 unspecified atom stereocenters. The van der Waals surface area contributed by atoms with Crippen LogP contribution < -0.4 is 5.32 Å². The standard InChI is InChI=1S/C10H9BrN2O5/c1-2-18-10(15)9(14)12-8-4-3-6(13(16)17)5-7(8)11/h3-5H,2H2,1H3,(H,12,14). The molecule has 0 fully saturated rings. The molecule has 1 rings (SSSR count). The summed E-state index contributed by atoms with van der Waals surface area (Å²) in [4.78, 5) is 32.3. The number of hydrogen-bond acceptors (Lipinski definition) is 5. The summed E-state index contributed by atoms with van der Waals surface area (Å²) in [7, 11) is 0. The number of esters is 1. The van der Waals surface area contributed by atoms with Crippen molar-refractivity contribution >= 4 is 39.2 Å². The number of hydrogen-bond donors (Lipinski definition) is 1. The smallest absolute Gasteiger partial charge is 0.397 e. The average Bonchev–Trinajstić information content (AvgIpc) is 2.31. The molecule has 0 radical (unpaired) electrons. The van der Waals surface area contributed by atoms with Gasteiger partial charge in [-0.15, -0.1) is 0 Å². The lowest BCUT2D eigenvalue weighted by molar-refractivity contribution is -0.384. The summed E-state index contributed by atoms with van der Waals surface area (Å²) in [6.07, 6.45) is 0. The summed E-state index contributed by atoms with van der Waals surface area (Å²) < 4.78 is 4.80. The minimum absolute atomic E-state index is 0.0910. The van der Waals surface area contributed by atoms with Gasteiger partial charge in [0.15, 0.2) is 0 Å². The number of nitrogens with one attached hydrogen (secondary N) is 1. The Morgan fingerprint density at radius 2 is 2.17 bits per heavy atom. The Morgan fingerprint density at radius 3 is 2.67 bits per heavy atom. The molecule has 0 aliphatic carbocycles. The van der Waals surface area contributed by atoms with Crippen LogP contribution >= 0.6 is 15.9 Å². The Labute approximate surface area is 110 Å². The first-order valence-electron chi connectivity index (χ1n) is 4.87. The van der Waals surface area contributed by atoms with Crippen molar-refractivity contribution in [3.8, 4) is 0 Å². The fraction of sp³-hybridized carbons (Fsp3) is 0.200. The van der Waals surface area contributed by atoms with E-state index in [0.717, 1.165) is 0 Å². The van der Waals surface area contributed by atoms with Crippen molar-refractivity contribution in [1.82, 2.24) is 0 Å². The van der Waals surface area contributed by atoms with Gasteiger partial charge in [0, 0.05) is 16.6 Å². The molecule has 1 aromatic carbocycles. The number of nitrogens with zero attached hydrogens (tertiary/aromatic N) is 1. The zero-order valence-electron chi connectivity index (χ0n) is 9.31. The first-order chi connectivity index (χ1) is 8.45. The molecule has 0 bridgehead atoms. The maximum absolute atomic E-state index is 11.3. The lowest BCUT2D eigenvalue weighted by atomic mass is 10.3. The average molecular weight is 317 g/mol. The fourth-order valence-corrected chi connectivity index (χ4v) is 1.55. The van der Waals surface area contributed by atoms with Crippen molar-refractivity contribution in [3.63, 3.8) is 0 Å². The van der Waals surface area contributed by atoms with E-state index in [1.54, 1.807) is 6.92 Å². The molecule has 96 valence electrons. The molecule has 0 spiro atoms. The SMILES string of the molecule is CCOC(=O)C(=O)Nc1ccc([N+](=O)[O-])cc1Br. The van der Waals surface area contributed by atoms with Gasteiger partial charge in [-0.3, -0.25) is 14.9 Å². The van der Waals surface area contributed by atoms with Crippen LogP contribution in [-0.4, -0.2) is 23.4 Å². The Bertz CT molecular complexity index is 503. The van der Waals surface area contributed by atoms with Crippen LogP contribution in [0.15, 0.2) is 22.7 Å². The third kappa shape index (κ3) is 3.52. The van der Waals surface area contributed by atoms with Crippen LogP contribution in [-0.2, 0) is 14.3 Å². The number of amides is 1. The van der Waals surface area contributed by atoms with Crippen LogP contribution in [0.3, 0.4) is 0 Å². The minimum Gasteiger partial charge on any atom is -0.459 e. The van der Waals surface area contributed by atoms with Crippen LogP contribution in [0.2, 0.25) is 0 Å². The summed E-state index contributed by atoms with van der Waals surface area (Å²) in [5.74, 6) is -1.95. The number of carbonyl (C=O) groups is 2. The second-order valence-corrected chi connectivity index (χ2v) is 3.95. The van der Waals surface area contributed by atoms with E-state index in [9.17, 15) is 19.7 Å². The van der Waals surface area contributed by atoms with Gasteiger partial charge in [0.2, 0.25) is 0 Å². The van der Waals surface area contributed by atoms with E-state index in [4.69, 9.17) is 0 Å². The Morgan fingerprint density at radius 1 is 1.50 bits per heavy atom. The highest BCUT2D eigenvalue weighted by Crippen LogP contribution is 2.26. The summed E-state index contributed by atoms with van der Waals surface area (Å²) in [6, 6.07) is 3.76. The highest BCUT2D eigenvalue weighted by atomic mass is 79.9. The Balaban J connectivity index is 2.83. The maximum Gasteiger partial charge on any atom is 0.397 e. The van der Waals surface area contributed by atoms with Gasteiger partial charge in [0.25, 0.3) is 5.69 Å². The summed E-state index contributed by atoms with van der Waals surface area (Å²) >= 11 is 3.06. The second-order valence-electron chi connectivity index (χ2n) is 3.10. The van der Waals surface area contributed by atoms with Gasteiger partial charge < -0.3 is 10.1 Å². The first-order valence-corrected chi connectivity index (χ1v) is 5.67. The Kier molecular flexibility index (Phi) is 4.78. The highest BCUT2D eigenvalue weighted by Gasteiger charge is 2.17. The van der Waals surface area contributed by atoms with E-state index in [1.165, 1.54) is 18.2 Å². The van der Waals surface area contributed by atoms with Crippen molar-refractivity contribution < 1.29 is 19.2 Å².